The van der Waals surface area contributed by atoms with Crippen molar-refractivity contribution in [3.8, 4) is 0 Å². The molecular formula is C60H116O6. The van der Waals surface area contributed by atoms with Crippen molar-refractivity contribution in [1.82, 2.24) is 0 Å². The standard InChI is InChI=1S/C60H116O6/c1-6-8-9-10-11-12-13-25-32-37-42-47-52-60(63)66-57(53-64-58(61)50-45-40-35-30-26-21-16-14-15-19-23-28-33-38-43-48-55(3)4)54-65-59(62)51-46-41-36-31-27-22-18-17-20-24-29-34-39-44-49-56(5)7-2/h55-57H,6-54H2,1-5H3/t56?,57-/m1/s1. The van der Waals surface area contributed by atoms with Crippen LogP contribution < -0.4 is 0 Å². The van der Waals surface area contributed by atoms with Crippen molar-refractivity contribution in [3.63, 3.8) is 0 Å². The van der Waals surface area contributed by atoms with E-state index in [1.54, 1.807) is 0 Å². The van der Waals surface area contributed by atoms with Crippen molar-refractivity contribution in [2.24, 2.45) is 11.8 Å². The van der Waals surface area contributed by atoms with Crippen molar-refractivity contribution in [1.29, 1.82) is 0 Å². The van der Waals surface area contributed by atoms with E-state index in [4.69, 9.17) is 14.2 Å². The average Bonchev–Trinajstić information content (AvgIpc) is 3.30. The molecule has 6 nitrogen and oxygen atoms in total. The molecule has 0 N–H and O–H groups in total. The van der Waals surface area contributed by atoms with Gasteiger partial charge in [-0.1, -0.05) is 298 Å². The van der Waals surface area contributed by atoms with Crippen LogP contribution in [0.15, 0.2) is 0 Å². The predicted octanol–water partition coefficient (Wildman–Crippen LogP) is 19.7. The summed E-state index contributed by atoms with van der Waals surface area (Å²) in [5.41, 5.74) is 0. The topological polar surface area (TPSA) is 78.9 Å². The Morgan fingerprint density at radius 2 is 0.576 bits per heavy atom. The predicted molar refractivity (Wildman–Crippen MR) is 284 cm³/mol. The average molecular weight is 934 g/mol. The number of esters is 3. The number of hydrogen-bond donors (Lipinski definition) is 0. The Bertz CT molecular complexity index is 1010. The van der Waals surface area contributed by atoms with Crippen LogP contribution in [0, 0.1) is 11.8 Å². The maximum absolute atomic E-state index is 12.8. The zero-order chi connectivity index (χ0) is 48.2. The molecule has 0 saturated carbocycles. The molecule has 0 aliphatic rings. The van der Waals surface area contributed by atoms with Crippen LogP contribution in [0.4, 0.5) is 0 Å². The van der Waals surface area contributed by atoms with E-state index in [0.29, 0.717) is 19.3 Å². The second-order valence-corrected chi connectivity index (χ2v) is 21.4. The number of rotatable bonds is 54. The Balaban J connectivity index is 4.25. The van der Waals surface area contributed by atoms with E-state index in [0.717, 1.165) is 69.6 Å². The smallest absolute Gasteiger partial charge is 0.306 e. The summed E-state index contributed by atoms with van der Waals surface area (Å²) in [6, 6.07) is 0. The highest BCUT2D eigenvalue weighted by Crippen LogP contribution is 2.19. The van der Waals surface area contributed by atoms with Crippen LogP contribution in [-0.2, 0) is 28.6 Å². The van der Waals surface area contributed by atoms with E-state index >= 15 is 0 Å². The van der Waals surface area contributed by atoms with E-state index in [1.807, 2.05) is 0 Å². The van der Waals surface area contributed by atoms with Crippen molar-refractivity contribution in [2.75, 3.05) is 13.2 Å². The first-order valence-electron chi connectivity index (χ1n) is 29.8. The van der Waals surface area contributed by atoms with Gasteiger partial charge in [0.05, 0.1) is 0 Å². The van der Waals surface area contributed by atoms with Crippen LogP contribution >= 0.6 is 0 Å². The number of hydrogen-bond acceptors (Lipinski definition) is 6. The molecule has 0 aromatic carbocycles. The van der Waals surface area contributed by atoms with E-state index in [-0.39, 0.29) is 31.1 Å². The van der Waals surface area contributed by atoms with Crippen molar-refractivity contribution >= 4 is 17.9 Å². The second kappa shape index (κ2) is 52.8. The van der Waals surface area contributed by atoms with Gasteiger partial charge in [0.15, 0.2) is 6.10 Å². The maximum Gasteiger partial charge on any atom is 0.306 e. The van der Waals surface area contributed by atoms with Crippen molar-refractivity contribution in [2.45, 2.75) is 343 Å². The summed E-state index contributed by atoms with van der Waals surface area (Å²) in [5, 5.41) is 0. The molecule has 0 aromatic heterocycles. The first-order chi connectivity index (χ1) is 32.3. The summed E-state index contributed by atoms with van der Waals surface area (Å²) in [6.45, 7) is 11.5. The van der Waals surface area contributed by atoms with Gasteiger partial charge in [0.25, 0.3) is 0 Å². The molecule has 0 spiro atoms. The SMILES string of the molecule is CCCCCCCCCCCCCCC(=O)O[C@H](COC(=O)CCCCCCCCCCCCCCCCCC(C)C)COC(=O)CCCCCCCCCCCCCCCCC(C)CC. The van der Waals surface area contributed by atoms with Crippen LogP contribution in [0.2, 0.25) is 0 Å². The number of carbonyl (C=O) groups excluding carboxylic acids is 3. The zero-order valence-electron chi connectivity index (χ0n) is 45.3. The van der Waals surface area contributed by atoms with E-state index in [9.17, 15) is 14.4 Å². The largest absolute Gasteiger partial charge is 0.462 e. The van der Waals surface area contributed by atoms with Gasteiger partial charge >= 0.3 is 17.9 Å². The summed E-state index contributed by atoms with van der Waals surface area (Å²) in [7, 11) is 0. The number of carbonyl (C=O) groups is 3. The van der Waals surface area contributed by atoms with Gasteiger partial charge < -0.3 is 14.2 Å². The highest BCUT2D eigenvalue weighted by atomic mass is 16.6. The zero-order valence-corrected chi connectivity index (χ0v) is 45.3. The van der Waals surface area contributed by atoms with Gasteiger partial charge in [-0.25, -0.2) is 0 Å². The summed E-state index contributed by atoms with van der Waals surface area (Å²) in [4.78, 5) is 38.2. The van der Waals surface area contributed by atoms with Gasteiger partial charge in [0.1, 0.15) is 13.2 Å². The normalized spacial score (nSPS) is 12.5. The summed E-state index contributed by atoms with van der Waals surface area (Å²) >= 11 is 0. The van der Waals surface area contributed by atoms with Crippen LogP contribution in [0.3, 0.4) is 0 Å². The molecule has 0 amide bonds. The molecule has 0 rings (SSSR count). The molecule has 0 fully saturated rings. The molecular weight excluding hydrogens is 817 g/mol. The van der Waals surface area contributed by atoms with Crippen LogP contribution in [0.1, 0.15) is 336 Å². The Labute approximate surface area is 412 Å². The van der Waals surface area contributed by atoms with Gasteiger partial charge in [-0.2, -0.15) is 0 Å². The lowest BCUT2D eigenvalue weighted by Gasteiger charge is -2.18. The molecule has 66 heavy (non-hydrogen) atoms. The molecule has 392 valence electrons. The van der Waals surface area contributed by atoms with Crippen LogP contribution in [-0.4, -0.2) is 37.2 Å². The monoisotopic (exact) mass is 933 g/mol. The van der Waals surface area contributed by atoms with Gasteiger partial charge in [-0.15, -0.1) is 0 Å². The fraction of sp³-hybridized carbons (Fsp3) is 0.950. The molecule has 0 aliphatic carbocycles. The van der Waals surface area contributed by atoms with Gasteiger partial charge in [-0.3, -0.25) is 14.4 Å². The van der Waals surface area contributed by atoms with E-state index in [2.05, 4.69) is 34.6 Å². The molecule has 6 heteroatoms. The molecule has 2 atom stereocenters. The molecule has 1 unspecified atom stereocenters. The van der Waals surface area contributed by atoms with E-state index < -0.39 is 6.10 Å². The molecule has 0 heterocycles. The Kier molecular flexibility index (Phi) is 51.5. The lowest BCUT2D eigenvalue weighted by molar-refractivity contribution is -0.167. The third-order valence-electron chi connectivity index (χ3n) is 14.1. The summed E-state index contributed by atoms with van der Waals surface area (Å²) < 4.78 is 16.9. The molecule has 0 saturated heterocycles. The van der Waals surface area contributed by atoms with Gasteiger partial charge in [0.2, 0.25) is 0 Å². The fourth-order valence-corrected chi connectivity index (χ4v) is 9.20. The lowest BCUT2D eigenvalue weighted by Crippen LogP contribution is -2.30. The highest BCUT2D eigenvalue weighted by molar-refractivity contribution is 5.71. The molecule has 0 radical (unpaired) electrons. The maximum atomic E-state index is 12.8. The Morgan fingerprint density at radius 1 is 0.318 bits per heavy atom. The molecule has 0 bridgehead atoms. The summed E-state index contributed by atoms with van der Waals surface area (Å²) in [5.74, 6) is 0.908. The number of ether oxygens (including phenoxy) is 3. The Hall–Kier alpha value is -1.59. The number of unbranched alkanes of at least 4 members (excludes halogenated alkanes) is 38. The minimum absolute atomic E-state index is 0.0624. The minimum Gasteiger partial charge on any atom is -0.462 e. The highest BCUT2D eigenvalue weighted by Gasteiger charge is 2.19. The quantitative estimate of drug-likeness (QED) is 0.0343. The first kappa shape index (κ1) is 64.4. The first-order valence-corrected chi connectivity index (χ1v) is 29.8. The van der Waals surface area contributed by atoms with Crippen molar-refractivity contribution < 1.29 is 28.6 Å². The van der Waals surface area contributed by atoms with Gasteiger partial charge in [0, 0.05) is 19.3 Å². The molecule has 0 aliphatic heterocycles. The lowest BCUT2D eigenvalue weighted by atomic mass is 9.99. The van der Waals surface area contributed by atoms with Gasteiger partial charge in [-0.05, 0) is 31.1 Å². The Morgan fingerprint density at radius 3 is 0.864 bits per heavy atom. The fourth-order valence-electron chi connectivity index (χ4n) is 9.20. The van der Waals surface area contributed by atoms with Crippen molar-refractivity contribution in [3.05, 3.63) is 0 Å². The minimum atomic E-state index is -0.762. The van der Waals surface area contributed by atoms with E-state index in [1.165, 1.54) is 225 Å². The summed E-state index contributed by atoms with van der Waals surface area (Å²) in [6.07, 6.45) is 56.6. The third kappa shape index (κ3) is 51.8. The van der Waals surface area contributed by atoms with Crippen LogP contribution in [0.5, 0.6) is 0 Å². The molecule has 0 aromatic rings. The van der Waals surface area contributed by atoms with Crippen LogP contribution in [0.25, 0.3) is 0 Å². The third-order valence-corrected chi connectivity index (χ3v) is 14.1. The second-order valence-electron chi connectivity index (χ2n) is 21.4.